The van der Waals surface area contributed by atoms with Crippen LogP contribution in [-0.4, -0.2) is 24.8 Å². The molecular weight excluding hydrogens is 359 g/mol. The fourth-order valence-electron chi connectivity index (χ4n) is 3.02. The van der Waals surface area contributed by atoms with Crippen LogP contribution >= 0.6 is 0 Å². The summed E-state index contributed by atoms with van der Waals surface area (Å²) in [6.45, 7) is 0. The van der Waals surface area contributed by atoms with Crippen LogP contribution in [0.3, 0.4) is 0 Å². The van der Waals surface area contributed by atoms with Crippen LogP contribution in [0.25, 0.3) is 27.5 Å². The van der Waals surface area contributed by atoms with Gasteiger partial charge in [-0.15, -0.1) is 15.3 Å². The topological polar surface area (TPSA) is 68.1 Å². The van der Waals surface area contributed by atoms with Crippen LogP contribution in [0.5, 0.6) is 11.6 Å². The van der Waals surface area contributed by atoms with Crippen LogP contribution in [0.2, 0.25) is 0 Å². The van der Waals surface area contributed by atoms with Crippen LogP contribution in [0, 0.1) is 0 Å². The molecule has 0 fully saturated rings. The third-order valence-electron chi connectivity index (χ3n) is 4.19. The molecule has 5 rings (SSSR count). The number of nitrogens with zero attached hydrogens (tertiary/aromatic N) is 4. The molecule has 9 heteroatoms. The lowest BCUT2D eigenvalue weighted by Gasteiger charge is -2.07. The standard InChI is InChI=1S/C18H10F3N5O/c19-18(20,21)17-24-23-15-7-8-16(25-26(15)17)27-10-5-6-12-11-3-1-2-4-13(11)22-14(12)9-10/h1-9,22H. The predicted molar refractivity (Wildman–Crippen MR) is 91.7 cm³/mol. The second-order valence-electron chi connectivity index (χ2n) is 5.94. The minimum atomic E-state index is -4.66. The number of para-hydroxylation sites is 1. The van der Waals surface area contributed by atoms with E-state index in [4.69, 9.17) is 4.74 Å². The van der Waals surface area contributed by atoms with Gasteiger partial charge in [0.15, 0.2) is 5.65 Å². The van der Waals surface area contributed by atoms with Gasteiger partial charge in [-0.05, 0) is 24.3 Å². The zero-order chi connectivity index (χ0) is 18.6. The summed E-state index contributed by atoms with van der Waals surface area (Å²) in [5.41, 5.74) is 1.83. The highest BCUT2D eigenvalue weighted by atomic mass is 19.4. The van der Waals surface area contributed by atoms with Crippen LogP contribution in [0.4, 0.5) is 13.2 Å². The van der Waals surface area contributed by atoms with Crippen LogP contribution in [-0.2, 0) is 6.18 Å². The number of aromatic amines is 1. The van der Waals surface area contributed by atoms with E-state index in [2.05, 4.69) is 20.3 Å². The Labute approximate surface area is 149 Å². The number of halogens is 3. The molecule has 1 N–H and O–H groups in total. The monoisotopic (exact) mass is 369 g/mol. The van der Waals surface area contributed by atoms with Gasteiger partial charge in [0.1, 0.15) is 5.75 Å². The number of nitrogens with one attached hydrogen (secondary N) is 1. The second kappa shape index (κ2) is 5.44. The van der Waals surface area contributed by atoms with E-state index in [1.807, 2.05) is 30.3 Å². The van der Waals surface area contributed by atoms with Crippen molar-refractivity contribution in [3.63, 3.8) is 0 Å². The Morgan fingerprint density at radius 2 is 1.70 bits per heavy atom. The van der Waals surface area contributed by atoms with Gasteiger partial charge in [0.25, 0.3) is 5.82 Å². The van der Waals surface area contributed by atoms with Gasteiger partial charge in [-0.25, -0.2) is 0 Å². The number of benzene rings is 2. The fraction of sp³-hybridized carbons (Fsp3) is 0.0556. The van der Waals surface area contributed by atoms with E-state index in [1.54, 1.807) is 12.1 Å². The van der Waals surface area contributed by atoms with Crippen molar-refractivity contribution in [2.75, 3.05) is 0 Å². The van der Waals surface area contributed by atoms with Gasteiger partial charge in [0.2, 0.25) is 5.88 Å². The van der Waals surface area contributed by atoms with Crippen molar-refractivity contribution in [2.24, 2.45) is 0 Å². The summed E-state index contributed by atoms with van der Waals surface area (Å²) in [6, 6.07) is 16.1. The molecule has 0 amide bonds. The summed E-state index contributed by atoms with van der Waals surface area (Å²) < 4.78 is 45.2. The first-order valence-electron chi connectivity index (χ1n) is 7.97. The fourth-order valence-corrected chi connectivity index (χ4v) is 3.02. The van der Waals surface area contributed by atoms with Crippen molar-refractivity contribution in [3.8, 4) is 11.6 Å². The minimum absolute atomic E-state index is 0.00302. The van der Waals surface area contributed by atoms with Crippen molar-refractivity contribution in [1.82, 2.24) is 24.8 Å². The van der Waals surface area contributed by atoms with Gasteiger partial charge >= 0.3 is 6.18 Å². The lowest BCUT2D eigenvalue weighted by Crippen LogP contribution is -2.12. The van der Waals surface area contributed by atoms with Gasteiger partial charge in [0.05, 0.1) is 5.52 Å². The maximum atomic E-state index is 13.0. The van der Waals surface area contributed by atoms with Gasteiger partial charge in [-0.3, -0.25) is 0 Å². The maximum Gasteiger partial charge on any atom is 0.453 e. The molecule has 0 aliphatic heterocycles. The smallest absolute Gasteiger partial charge is 0.438 e. The molecule has 0 aliphatic carbocycles. The zero-order valence-corrected chi connectivity index (χ0v) is 13.5. The molecule has 0 saturated heterocycles. The first-order valence-corrected chi connectivity index (χ1v) is 7.97. The van der Waals surface area contributed by atoms with Gasteiger partial charge < -0.3 is 9.72 Å². The molecule has 3 heterocycles. The molecule has 0 saturated carbocycles. The molecule has 0 atom stereocenters. The van der Waals surface area contributed by atoms with Crippen molar-refractivity contribution in [1.29, 1.82) is 0 Å². The molecular formula is C18H10F3N5O. The highest BCUT2D eigenvalue weighted by Gasteiger charge is 2.37. The van der Waals surface area contributed by atoms with E-state index >= 15 is 0 Å². The number of rotatable bonds is 2. The number of ether oxygens (including phenoxy) is 1. The first kappa shape index (κ1) is 15.6. The molecule has 5 aromatic rings. The molecule has 0 spiro atoms. The van der Waals surface area contributed by atoms with Gasteiger partial charge in [-0.2, -0.15) is 17.7 Å². The van der Waals surface area contributed by atoms with E-state index < -0.39 is 12.0 Å². The Morgan fingerprint density at radius 3 is 2.56 bits per heavy atom. The first-order chi connectivity index (χ1) is 13.0. The SMILES string of the molecule is FC(F)(F)c1nnc2ccc(Oc3ccc4c(c3)[nH]c3ccccc34)nn12. The molecule has 6 nitrogen and oxygen atoms in total. The average Bonchev–Trinajstić information content (AvgIpc) is 3.21. The summed E-state index contributed by atoms with van der Waals surface area (Å²) in [7, 11) is 0. The van der Waals surface area contributed by atoms with Crippen molar-refractivity contribution in [3.05, 3.63) is 60.4 Å². The van der Waals surface area contributed by atoms with E-state index in [-0.39, 0.29) is 11.5 Å². The molecule has 0 aliphatic rings. The Kier molecular flexibility index (Phi) is 3.15. The molecule has 0 radical (unpaired) electrons. The second-order valence-corrected chi connectivity index (χ2v) is 5.94. The van der Waals surface area contributed by atoms with Crippen molar-refractivity contribution < 1.29 is 17.9 Å². The van der Waals surface area contributed by atoms with E-state index in [9.17, 15) is 13.2 Å². The molecule has 0 bridgehead atoms. The summed E-state index contributed by atoms with van der Waals surface area (Å²) in [5, 5.41) is 12.6. The molecule has 0 unspecified atom stereocenters. The minimum Gasteiger partial charge on any atom is -0.438 e. The maximum absolute atomic E-state index is 13.0. The number of H-pyrrole nitrogens is 1. The Balaban J connectivity index is 1.55. The van der Waals surface area contributed by atoms with Gasteiger partial charge in [0, 0.05) is 28.4 Å². The quantitative estimate of drug-likeness (QED) is 0.495. The number of alkyl halides is 3. The number of hydrogen-bond donors (Lipinski definition) is 1. The third kappa shape index (κ3) is 2.55. The molecule has 3 aromatic heterocycles. The summed E-state index contributed by atoms with van der Waals surface area (Å²) >= 11 is 0. The van der Waals surface area contributed by atoms with Gasteiger partial charge in [-0.1, -0.05) is 18.2 Å². The predicted octanol–water partition coefficient (Wildman–Crippen LogP) is 4.57. The average molecular weight is 369 g/mol. The highest BCUT2D eigenvalue weighted by Crippen LogP contribution is 2.31. The molecule has 134 valence electrons. The zero-order valence-electron chi connectivity index (χ0n) is 13.5. The number of hydrogen-bond acceptors (Lipinski definition) is 4. The molecule has 2 aromatic carbocycles. The summed E-state index contributed by atoms with van der Waals surface area (Å²) in [5.74, 6) is -0.750. The van der Waals surface area contributed by atoms with Crippen LogP contribution < -0.4 is 4.74 Å². The lowest BCUT2D eigenvalue weighted by molar-refractivity contribution is -0.146. The van der Waals surface area contributed by atoms with Crippen molar-refractivity contribution in [2.45, 2.75) is 6.18 Å². The summed E-state index contributed by atoms with van der Waals surface area (Å²) in [6.07, 6.45) is -4.66. The van der Waals surface area contributed by atoms with Crippen LogP contribution in [0.15, 0.2) is 54.6 Å². The summed E-state index contributed by atoms with van der Waals surface area (Å²) in [4.78, 5) is 3.28. The number of fused-ring (bicyclic) bond motifs is 4. The normalized spacial score (nSPS) is 12.3. The third-order valence-corrected chi connectivity index (χ3v) is 4.19. The largest absolute Gasteiger partial charge is 0.453 e. The van der Waals surface area contributed by atoms with E-state index in [1.165, 1.54) is 12.1 Å². The lowest BCUT2D eigenvalue weighted by atomic mass is 10.1. The Morgan fingerprint density at radius 1 is 0.889 bits per heavy atom. The van der Waals surface area contributed by atoms with E-state index in [0.29, 0.717) is 10.3 Å². The van der Waals surface area contributed by atoms with Crippen molar-refractivity contribution >= 4 is 27.5 Å². The highest BCUT2D eigenvalue weighted by molar-refractivity contribution is 6.07. The van der Waals surface area contributed by atoms with E-state index in [0.717, 1.165) is 21.8 Å². The Hall–Kier alpha value is -3.62. The van der Waals surface area contributed by atoms with Crippen LogP contribution in [0.1, 0.15) is 5.82 Å². The Bertz CT molecular complexity index is 1310. The number of aromatic nitrogens is 5. The molecule has 27 heavy (non-hydrogen) atoms.